The van der Waals surface area contributed by atoms with Gasteiger partial charge in [0.05, 0.1) is 0 Å². The number of hydrogen-bond acceptors (Lipinski definition) is 2. The molecule has 0 radical (unpaired) electrons. The first-order chi connectivity index (χ1) is 7.65. The lowest BCUT2D eigenvalue weighted by Crippen LogP contribution is -2.19. The predicted molar refractivity (Wildman–Crippen MR) is 61.3 cm³/mol. The van der Waals surface area contributed by atoms with E-state index >= 15 is 0 Å². The lowest BCUT2D eigenvalue weighted by Gasteiger charge is -2.04. The standard InChI is InChI=1S/C12H12N2O2/c1-8-10(7-15)9-4-2-3-5-11(9)14(8)6-12(13)16/h2-5,7H,6H2,1H3,(H2,13,16). The molecule has 2 aromatic rings. The van der Waals surface area contributed by atoms with Crippen LogP contribution in [0.1, 0.15) is 16.1 Å². The maximum atomic E-state index is 11.0. The molecule has 0 unspecified atom stereocenters. The molecule has 1 amide bonds. The largest absolute Gasteiger partial charge is 0.368 e. The van der Waals surface area contributed by atoms with Crippen LogP contribution in [-0.4, -0.2) is 16.8 Å². The number of para-hydroxylation sites is 1. The molecular formula is C12H12N2O2. The van der Waals surface area contributed by atoms with Gasteiger partial charge in [0.2, 0.25) is 5.91 Å². The normalized spacial score (nSPS) is 10.6. The van der Waals surface area contributed by atoms with Gasteiger partial charge in [-0.2, -0.15) is 0 Å². The van der Waals surface area contributed by atoms with Crippen molar-refractivity contribution < 1.29 is 9.59 Å². The highest BCUT2D eigenvalue weighted by Crippen LogP contribution is 2.23. The first-order valence-corrected chi connectivity index (χ1v) is 4.96. The molecule has 0 aliphatic rings. The van der Waals surface area contributed by atoms with E-state index in [0.717, 1.165) is 22.9 Å². The number of fused-ring (bicyclic) bond motifs is 1. The summed E-state index contributed by atoms with van der Waals surface area (Å²) >= 11 is 0. The fourth-order valence-corrected chi connectivity index (χ4v) is 1.97. The van der Waals surface area contributed by atoms with E-state index in [1.807, 2.05) is 31.2 Å². The second-order valence-electron chi connectivity index (χ2n) is 3.69. The Hall–Kier alpha value is -2.10. The smallest absolute Gasteiger partial charge is 0.237 e. The Balaban J connectivity index is 2.76. The Morgan fingerprint density at radius 2 is 2.12 bits per heavy atom. The van der Waals surface area contributed by atoms with Crippen molar-refractivity contribution in [3.05, 3.63) is 35.5 Å². The van der Waals surface area contributed by atoms with E-state index in [-0.39, 0.29) is 6.54 Å². The summed E-state index contributed by atoms with van der Waals surface area (Å²) in [5, 5.41) is 0.858. The van der Waals surface area contributed by atoms with Crippen LogP contribution in [0.25, 0.3) is 10.9 Å². The highest BCUT2D eigenvalue weighted by molar-refractivity contribution is 5.99. The van der Waals surface area contributed by atoms with Crippen molar-refractivity contribution in [1.29, 1.82) is 0 Å². The van der Waals surface area contributed by atoms with Gasteiger partial charge in [-0.05, 0) is 13.0 Å². The van der Waals surface area contributed by atoms with Crippen molar-refractivity contribution in [3.63, 3.8) is 0 Å². The van der Waals surface area contributed by atoms with Crippen LogP contribution in [-0.2, 0) is 11.3 Å². The molecule has 4 nitrogen and oxygen atoms in total. The van der Waals surface area contributed by atoms with Gasteiger partial charge < -0.3 is 10.3 Å². The van der Waals surface area contributed by atoms with E-state index < -0.39 is 5.91 Å². The van der Waals surface area contributed by atoms with Gasteiger partial charge in [-0.3, -0.25) is 9.59 Å². The van der Waals surface area contributed by atoms with Gasteiger partial charge in [0.1, 0.15) is 6.54 Å². The molecule has 2 N–H and O–H groups in total. The number of hydrogen-bond donors (Lipinski definition) is 1. The lowest BCUT2D eigenvalue weighted by atomic mass is 10.1. The molecule has 16 heavy (non-hydrogen) atoms. The minimum absolute atomic E-state index is 0.0974. The quantitative estimate of drug-likeness (QED) is 0.784. The molecule has 0 saturated heterocycles. The third-order valence-electron chi connectivity index (χ3n) is 2.71. The minimum atomic E-state index is -0.415. The number of nitrogens with zero attached hydrogens (tertiary/aromatic N) is 1. The van der Waals surface area contributed by atoms with Gasteiger partial charge in [-0.25, -0.2) is 0 Å². The average molecular weight is 216 g/mol. The number of rotatable bonds is 3. The Morgan fingerprint density at radius 3 is 2.75 bits per heavy atom. The Labute approximate surface area is 92.7 Å². The number of carbonyl (C=O) groups excluding carboxylic acids is 2. The van der Waals surface area contributed by atoms with Gasteiger partial charge in [0.25, 0.3) is 0 Å². The van der Waals surface area contributed by atoms with Crippen molar-refractivity contribution in [2.24, 2.45) is 5.73 Å². The number of nitrogens with two attached hydrogens (primary N) is 1. The summed E-state index contributed by atoms with van der Waals surface area (Å²) in [5.74, 6) is -0.415. The summed E-state index contributed by atoms with van der Waals surface area (Å²) in [6, 6.07) is 7.47. The highest BCUT2D eigenvalue weighted by Gasteiger charge is 2.13. The molecule has 4 heteroatoms. The van der Waals surface area contributed by atoms with Crippen LogP contribution in [0.15, 0.2) is 24.3 Å². The summed E-state index contributed by atoms with van der Waals surface area (Å²) in [5.41, 5.74) is 7.44. The zero-order chi connectivity index (χ0) is 11.7. The first-order valence-electron chi connectivity index (χ1n) is 4.96. The maximum absolute atomic E-state index is 11.0. The van der Waals surface area contributed by atoms with Crippen molar-refractivity contribution in [2.45, 2.75) is 13.5 Å². The van der Waals surface area contributed by atoms with Crippen molar-refractivity contribution in [3.8, 4) is 0 Å². The number of primary amides is 1. The van der Waals surface area contributed by atoms with Crippen molar-refractivity contribution in [2.75, 3.05) is 0 Å². The van der Waals surface area contributed by atoms with Crippen molar-refractivity contribution >= 4 is 23.1 Å². The molecule has 2 rings (SSSR count). The topological polar surface area (TPSA) is 65.1 Å². The number of amides is 1. The van der Waals surface area contributed by atoms with Crippen molar-refractivity contribution in [1.82, 2.24) is 4.57 Å². The van der Waals surface area contributed by atoms with Crippen LogP contribution in [0.5, 0.6) is 0 Å². The number of aldehydes is 1. The first kappa shape index (κ1) is 10.4. The third-order valence-corrected chi connectivity index (χ3v) is 2.71. The molecule has 0 saturated carbocycles. The molecule has 1 aromatic carbocycles. The summed E-state index contributed by atoms with van der Waals surface area (Å²) in [6.07, 6.45) is 0.815. The van der Waals surface area contributed by atoms with Crippen LogP contribution >= 0.6 is 0 Å². The van der Waals surface area contributed by atoms with Gasteiger partial charge in [-0.15, -0.1) is 0 Å². The molecular weight excluding hydrogens is 204 g/mol. The van der Waals surface area contributed by atoms with Crippen LogP contribution in [0.3, 0.4) is 0 Å². The third kappa shape index (κ3) is 1.48. The van der Waals surface area contributed by atoms with Gasteiger partial charge >= 0.3 is 0 Å². The Morgan fingerprint density at radius 1 is 1.44 bits per heavy atom. The lowest BCUT2D eigenvalue weighted by molar-refractivity contribution is -0.118. The SMILES string of the molecule is Cc1c(C=O)c2ccccc2n1CC(N)=O. The summed E-state index contributed by atoms with van der Waals surface area (Å²) in [7, 11) is 0. The zero-order valence-electron chi connectivity index (χ0n) is 8.93. The fourth-order valence-electron chi connectivity index (χ4n) is 1.97. The zero-order valence-corrected chi connectivity index (χ0v) is 8.93. The second kappa shape index (κ2) is 3.81. The molecule has 1 heterocycles. The van der Waals surface area contributed by atoms with Crippen LogP contribution in [0.2, 0.25) is 0 Å². The summed E-state index contributed by atoms with van der Waals surface area (Å²) in [4.78, 5) is 22.0. The molecule has 0 aliphatic heterocycles. The molecule has 0 bridgehead atoms. The predicted octanol–water partition coefficient (Wildman–Crippen LogP) is 1.25. The Bertz CT molecular complexity index is 570. The number of benzene rings is 1. The van der Waals surface area contributed by atoms with Gasteiger partial charge in [0.15, 0.2) is 6.29 Å². The monoisotopic (exact) mass is 216 g/mol. The van der Waals surface area contributed by atoms with E-state index in [1.165, 1.54) is 0 Å². The van der Waals surface area contributed by atoms with Crippen LogP contribution in [0, 0.1) is 6.92 Å². The fraction of sp³-hybridized carbons (Fsp3) is 0.167. The number of aromatic nitrogens is 1. The Kier molecular flexibility index (Phi) is 2.48. The molecule has 0 fully saturated rings. The highest BCUT2D eigenvalue weighted by atomic mass is 16.1. The van der Waals surface area contributed by atoms with E-state index in [2.05, 4.69) is 0 Å². The molecule has 0 atom stereocenters. The van der Waals surface area contributed by atoms with E-state index in [1.54, 1.807) is 4.57 Å². The second-order valence-corrected chi connectivity index (χ2v) is 3.69. The number of carbonyl (C=O) groups is 2. The molecule has 0 spiro atoms. The average Bonchev–Trinajstić information content (AvgIpc) is 2.52. The minimum Gasteiger partial charge on any atom is -0.368 e. The summed E-state index contributed by atoms with van der Waals surface area (Å²) in [6.45, 7) is 1.91. The van der Waals surface area contributed by atoms with E-state index in [0.29, 0.717) is 5.56 Å². The van der Waals surface area contributed by atoms with Crippen LogP contribution < -0.4 is 5.73 Å². The summed E-state index contributed by atoms with van der Waals surface area (Å²) < 4.78 is 1.77. The maximum Gasteiger partial charge on any atom is 0.237 e. The van der Waals surface area contributed by atoms with Gasteiger partial charge in [0, 0.05) is 22.2 Å². The molecule has 1 aromatic heterocycles. The molecule has 82 valence electrons. The van der Waals surface area contributed by atoms with Gasteiger partial charge in [-0.1, -0.05) is 18.2 Å². The van der Waals surface area contributed by atoms with E-state index in [9.17, 15) is 9.59 Å². The molecule has 0 aliphatic carbocycles. The van der Waals surface area contributed by atoms with Crippen LogP contribution in [0.4, 0.5) is 0 Å². The van der Waals surface area contributed by atoms with E-state index in [4.69, 9.17) is 5.73 Å².